The molecule has 6 heteroatoms. The van der Waals surface area contributed by atoms with E-state index in [2.05, 4.69) is 0 Å². The molecule has 0 bridgehead atoms. The van der Waals surface area contributed by atoms with Gasteiger partial charge in [0.2, 0.25) is 0 Å². The summed E-state index contributed by atoms with van der Waals surface area (Å²) in [5.41, 5.74) is 6.53. The van der Waals surface area contributed by atoms with Crippen LogP contribution in [0, 0.1) is 5.92 Å². The molecule has 1 rings (SSSR count). The van der Waals surface area contributed by atoms with Gasteiger partial charge >= 0.3 is 11.9 Å². The first-order valence-corrected chi connectivity index (χ1v) is 7.23. The van der Waals surface area contributed by atoms with Gasteiger partial charge in [0, 0.05) is 5.92 Å². The summed E-state index contributed by atoms with van der Waals surface area (Å²) >= 11 is 0. The monoisotopic (exact) mass is 329 g/mol. The predicted octanol–water partition coefficient (Wildman–Crippen LogP) is 2.28. The second kappa shape index (κ2) is 11.0. The minimum atomic E-state index is -0.976. The Balaban J connectivity index is 0.00000441. The van der Waals surface area contributed by atoms with Crippen LogP contribution in [0.25, 0.3) is 0 Å². The van der Waals surface area contributed by atoms with Crippen LogP contribution in [-0.4, -0.2) is 31.7 Å². The van der Waals surface area contributed by atoms with E-state index < -0.39 is 17.9 Å². The van der Waals surface area contributed by atoms with Crippen molar-refractivity contribution in [3.8, 4) is 0 Å². The Hall–Kier alpha value is -1.59. The highest BCUT2D eigenvalue weighted by molar-refractivity contribution is 5.96. The summed E-state index contributed by atoms with van der Waals surface area (Å²) in [7, 11) is 0. The van der Waals surface area contributed by atoms with Crippen LogP contribution in [0.5, 0.6) is 0 Å². The first kappa shape index (κ1) is 20.4. The van der Waals surface area contributed by atoms with Crippen LogP contribution < -0.4 is 5.73 Å². The van der Waals surface area contributed by atoms with Crippen molar-refractivity contribution in [1.82, 2.24) is 0 Å². The van der Waals surface area contributed by atoms with Gasteiger partial charge in [-0.2, -0.15) is 0 Å². The summed E-state index contributed by atoms with van der Waals surface area (Å²) in [6.45, 7) is 4.23. The first-order valence-electron chi connectivity index (χ1n) is 7.23. The van der Waals surface area contributed by atoms with Crippen LogP contribution in [0.4, 0.5) is 0 Å². The molecule has 0 aliphatic rings. The molecule has 0 unspecified atom stereocenters. The second-order valence-corrected chi connectivity index (χ2v) is 4.58. The molecule has 2 N–H and O–H groups in total. The van der Waals surface area contributed by atoms with Gasteiger partial charge in [-0.25, -0.2) is 0 Å². The third kappa shape index (κ3) is 5.66. The Morgan fingerprint density at radius 1 is 1.05 bits per heavy atom. The Morgan fingerprint density at radius 2 is 1.55 bits per heavy atom. The number of rotatable bonds is 8. The Labute approximate surface area is 137 Å². The van der Waals surface area contributed by atoms with Crippen molar-refractivity contribution in [2.24, 2.45) is 11.7 Å². The van der Waals surface area contributed by atoms with Crippen molar-refractivity contribution in [1.29, 1.82) is 0 Å². The molecule has 0 saturated carbocycles. The second-order valence-electron chi connectivity index (χ2n) is 4.58. The molecule has 0 saturated heterocycles. The molecule has 22 heavy (non-hydrogen) atoms. The van der Waals surface area contributed by atoms with Gasteiger partial charge in [0.05, 0.1) is 13.2 Å². The molecule has 0 aliphatic heterocycles. The molecular formula is C16H24ClNO4. The Kier molecular flexibility index (Phi) is 10.2. The van der Waals surface area contributed by atoms with Crippen molar-refractivity contribution < 1.29 is 19.1 Å². The number of benzene rings is 1. The van der Waals surface area contributed by atoms with E-state index in [1.54, 1.807) is 13.8 Å². The van der Waals surface area contributed by atoms with E-state index in [9.17, 15) is 9.59 Å². The molecule has 124 valence electrons. The smallest absolute Gasteiger partial charge is 0.320 e. The lowest BCUT2D eigenvalue weighted by Crippen LogP contribution is -2.34. The molecule has 0 radical (unpaired) electrons. The van der Waals surface area contributed by atoms with Crippen LogP contribution in [0.3, 0.4) is 0 Å². The fourth-order valence-electron chi connectivity index (χ4n) is 2.29. The average molecular weight is 330 g/mol. The van der Waals surface area contributed by atoms with Crippen LogP contribution in [0.2, 0.25) is 0 Å². The van der Waals surface area contributed by atoms with Gasteiger partial charge in [-0.05, 0) is 32.4 Å². The Morgan fingerprint density at radius 3 is 1.95 bits per heavy atom. The van der Waals surface area contributed by atoms with Gasteiger partial charge in [-0.15, -0.1) is 12.4 Å². The van der Waals surface area contributed by atoms with Gasteiger partial charge in [-0.3, -0.25) is 9.59 Å². The maximum absolute atomic E-state index is 12.2. The third-order valence-corrected chi connectivity index (χ3v) is 3.19. The normalized spacial score (nSPS) is 11.5. The van der Waals surface area contributed by atoms with E-state index in [1.807, 2.05) is 30.3 Å². The lowest BCUT2D eigenvalue weighted by atomic mass is 9.83. The molecule has 0 aromatic heterocycles. The third-order valence-electron chi connectivity index (χ3n) is 3.19. The molecule has 0 aliphatic carbocycles. The highest BCUT2D eigenvalue weighted by atomic mass is 35.5. The highest BCUT2D eigenvalue weighted by Crippen LogP contribution is 2.30. The molecule has 0 amide bonds. The molecule has 5 nitrogen and oxygen atoms in total. The summed E-state index contributed by atoms with van der Waals surface area (Å²) in [4.78, 5) is 24.4. The fraction of sp³-hybridized carbons (Fsp3) is 0.500. The largest absolute Gasteiger partial charge is 0.465 e. The van der Waals surface area contributed by atoms with Gasteiger partial charge in [0.1, 0.15) is 0 Å². The zero-order valence-electron chi connectivity index (χ0n) is 13.0. The number of halogens is 1. The summed E-state index contributed by atoms with van der Waals surface area (Å²) in [5.74, 6) is -2.43. The number of ether oxygens (including phenoxy) is 2. The van der Waals surface area contributed by atoms with Crippen LogP contribution in [0.15, 0.2) is 30.3 Å². The number of hydrogen-bond acceptors (Lipinski definition) is 5. The molecule has 1 atom stereocenters. The summed E-state index contributed by atoms with van der Waals surface area (Å²) in [6.07, 6.45) is 0.506. The lowest BCUT2D eigenvalue weighted by molar-refractivity contribution is -0.162. The van der Waals surface area contributed by atoms with Crippen LogP contribution >= 0.6 is 12.4 Å². The van der Waals surface area contributed by atoms with Crippen molar-refractivity contribution in [2.45, 2.75) is 26.2 Å². The van der Waals surface area contributed by atoms with E-state index in [4.69, 9.17) is 15.2 Å². The number of esters is 2. The quantitative estimate of drug-likeness (QED) is 0.584. The summed E-state index contributed by atoms with van der Waals surface area (Å²) in [6, 6.07) is 9.38. The number of hydrogen-bond donors (Lipinski definition) is 1. The maximum Gasteiger partial charge on any atom is 0.320 e. The Bertz CT molecular complexity index is 435. The molecule has 0 fully saturated rings. The van der Waals surface area contributed by atoms with E-state index in [-0.39, 0.29) is 31.5 Å². The average Bonchev–Trinajstić information content (AvgIpc) is 2.48. The molecule has 1 aromatic carbocycles. The number of nitrogens with two attached hydrogens (primary N) is 1. The number of carbonyl (C=O) groups excluding carboxylic acids is 2. The fourth-order valence-corrected chi connectivity index (χ4v) is 2.29. The van der Waals surface area contributed by atoms with E-state index in [0.29, 0.717) is 13.0 Å². The molecular weight excluding hydrogens is 306 g/mol. The maximum atomic E-state index is 12.2. The van der Waals surface area contributed by atoms with Gasteiger partial charge < -0.3 is 15.2 Å². The number of carbonyl (C=O) groups is 2. The molecule has 0 spiro atoms. The van der Waals surface area contributed by atoms with Gasteiger partial charge in [0.25, 0.3) is 0 Å². The van der Waals surface area contributed by atoms with Crippen LogP contribution in [-0.2, 0) is 19.1 Å². The predicted molar refractivity (Wildman–Crippen MR) is 86.9 cm³/mol. The molecule has 1 aromatic rings. The van der Waals surface area contributed by atoms with Crippen LogP contribution in [0.1, 0.15) is 31.7 Å². The summed E-state index contributed by atoms with van der Waals surface area (Å²) < 4.78 is 10.1. The minimum absolute atomic E-state index is 0. The molecule has 0 heterocycles. The van der Waals surface area contributed by atoms with E-state index in [0.717, 1.165) is 5.56 Å². The topological polar surface area (TPSA) is 78.6 Å². The van der Waals surface area contributed by atoms with Gasteiger partial charge in [0.15, 0.2) is 5.92 Å². The van der Waals surface area contributed by atoms with E-state index >= 15 is 0 Å². The van der Waals surface area contributed by atoms with Crippen molar-refractivity contribution >= 4 is 24.3 Å². The van der Waals surface area contributed by atoms with Gasteiger partial charge in [-0.1, -0.05) is 30.3 Å². The first-order chi connectivity index (χ1) is 10.2. The zero-order chi connectivity index (χ0) is 15.7. The van der Waals surface area contributed by atoms with Crippen molar-refractivity contribution in [3.63, 3.8) is 0 Å². The highest BCUT2D eigenvalue weighted by Gasteiger charge is 2.37. The minimum Gasteiger partial charge on any atom is -0.465 e. The summed E-state index contributed by atoms with van der Waals surface area (Å²) in [5, 5.41) is 0. The zero-order valence-corrected chi connectivity index (χ0v) is 13.8. The SMILES string of the molecule is CCOC(=O)C(C(=O)OCC)[C@@H](CCN)c1ccccc1.Cl. The van der Waals surface area contributed by atoms with Crippen molar-refractivity contribution in [3.05, 3.63) is 35.9 Å². The standard InChI is InChI=1S/C16H23NO4.ClH/c1-3-20-15(18)14(16(19)21-4-2)13(10-11-17)12-8-6-5-7-9-12;/h5-9,13-14H,3-4,10-11,17H2,1-2H3;1H/t13-;/m0./s1. The van der Waals surface area contributed by atoms with E-state index in [1.165, 1.54) is 0 Å². The lowest BCUT2D eigenvalue weighted by Gasteiger charge is -2.24. The van der Waals surface area contributed by atoms with Crippen molar-refractivity contribution in [2.75, 3.05) is 19.8 Å².